The third-order valence-electron chi connectivity index (χ3n) is 9.37. The summed E-state index contributed by atoms with van der Waals surface area (Å²) in [6, 6.07) is 49.6. The van der Waals surface area contributed by atoms with Gasteiger partial charge in [-0.05, 0) is 70.2 Å². The van der Waals surface area contributed by atoms with Crippen LogP contribution in [0.5, 0.6) is 5.75 Å². The van der Waals surface area contributed by atoms with Gasteiger partial charge in [0.15, 0.2) is 0 Å². The van der Waals surface area contributed by atoms with Crippen LogP contribution in [-0.4, -0.2) is 12.9 Å². The maximum absolute atomic E-state index is 6.82. The molecular formula is C44H50O2. The number of ether oxygens (including phenoxy) is 2. The molecule has 0 N–H and O–H groups in total. The molecule has 0 aliphatic heterocycles. The van der Waals surface area contributed by atoms with Gasteiger partial charge in [0, 0.05) is 17.8 Å². The van der Waals surface area contributed by atoms with Crippen LogP contribution in [0.3, 0.4) is 0 Å². The first-order chi connectivity index (χ1) is 22.4. The predicted octanol–water partition coefficient (Wildman–Crippen LogP) is 11.8. The minimum absolute atomic E-state index is 0.172. The largest absolute Gasteiger partial charge is 0.465 e. The molecule has 0 fully saturated rings. The third kappa shape index (κ3) is 8.36. The number of benzene rings is 5. The summed E-state index contributed by atoms with van der Waals surface area (Å²) in [5.41, 5.74) is 7.31. The van der Waals surface area contributed by atoms with E-state index in [1.54, 1.807) is 0 Å². The van der Waals surface area contributed by atoms with E-state index < -0.39 is 6.29 Å². The zero-order valence-electron chi connectivity index (χ0n) is 28.2. The van der Waals surface area contributed by atoms with Crippen molar-refractivity contribution < 1.29 is 9.47 Å². The van der Waals surface area contributed by atoms with E-state index >= 15 is 0 Å². The van der Waals surface area contributed by atoms with E-state index in [-0.39, 0.29) is 11.3 Å². The summed E-state index contributed by atoms with van der Waals surface area (Å²) in [7, 11) is 0. The molecule has 0 spiro atoms. The normalized spacial score (nSPS) is 13.7. The molecule has 0 heterocycles. The summed E-state index contributed by atoms with van der Waals surface area (Å²) in [6.07, 6.45) is 2.54. The van der Waals surface area contributed by atoms with Crippen LogP contribution in [0.1, 0.15) is 88.0 Å². The van der Waals surface area contributed by atoms with Crippen LogP contribution in [0.2, 0.25) is 0 Å². The van der Waals surface area contributed by atoms with Crippen molar-refractivity contribution >= 4 is 0 Å². The van der Waals surface area contributed by atoms with Crippen LogP contribution in [0.4, 0.5) is 0 Å². The van der Waals surface area contributed by atoms with Crippen LogP contribution < -0.4 is 4.74 Å². The number of hydrogen-bond acceptors (Lipinski definition) is 2. The molecule has 2 nitrogen and oxygen atoms in total. The lowest BCUT2D eigenvalue weighted by Crippen LogP contribution is -2.34. The Morgan fingerprint density at radius 1 is 0.630 bits per heavy atom. The third-order valence-corrected chi connectivity index (χ3v) is 9.37. The Kier molecular flexibility index (Phi) is 11.5. The highest BCUT2D eigenvalue weighted by molar-refractivity contribution is 5.67. The Bertz CT molecular complexity index is 1550. The maximum atomic E-state index is 6.82. The number of hydrogen-bond donors (Lipinski definition) is 0. The predicted molar refractivity (Wildman–Crippen MR) is 194 cm³/mol. The molecule has 0 aromatic heterocycles. The first-order valence-electron chi connectivity index (χ1n) is 17.0. The molecule has 0 aliphatic rings. The Morgan fingerprint density at radius 3 is 1.74 bits per heavy atom. The zero-order valence-corrected chi connectivity index (χ0v) is 28.2. The van der Waals surface area contributed by atoms with Gasteiger partial charge < -0.3 is 9.47 Å². The first kappa shape index (κ1) is 33.2. The molecule has 3 atom stereocenters. The van der Waals surface area contributed by atoms with E-state index in [4.69, 9.17) is 9.47 Å². The summed E-state index contributed by atoms with van der Waals surface area (Å²) in [6.45, 7) is 12.0. The van der Waals surface area contributed by atoms with E-state index in [1.807, 2.05) is 0 Å². The highest BCUT2D eigenvalue weighted by Gasteiger charge is 2.34. The van der Waals surface area contributed by atoms with Gasteiger partial charge in [0.1, 0.15) is 5.75 Å². The molecule has 0 bridgehead atoms. The zero-order chi connectivity index (χ0) is 32.4. The molecule has 5 aromatic rings. The van der Waals surface area contributed by atoms with Crippen molar-refractivity contribution in [3.8, 4) is 16.9 Å². The fourth-order valence-corrected chi connectivity index (χ4v) is 6.71. The average Bonchev–Trinajstić information content (AvgIpc) is 3.10. The van der Waals surface area contributed by atoms with Crippen LogP contribution in [0, 0.1) is 5.92 Å². The lowest BCUT2D eigenvalue weighted by Gasteiger charge is -2.35. The number of rotatable bonds is 15. The standard InChI is InChI=1S/C44H50O2/c1-6-35(30-33(2)3)36-26-28-40(29-27-36)46-43(31-44(5,38-20-12-8-13-21-38)39-22-14-9-15-23-39)45-32-34(4)41-24-16-17-25-42(41)37-18-10-7-11-19-37/h7-29,33-35,43H,6,30-32H2,1-5H3. The molecular weight excluding hydrogens is 560 g/mol. The van der Waals surface area contributed by atoms with Crippen LogP contribution in [0.15, 0.2) is 140 Å². The highest BCUT2D eigenvalue weighted by atomic mass is 16.7. The fraction of sp³-hybridized carbons (Fsp3) is 0.318. The van der Waals surface area contributed by atoms with Gasteiger partial charge in [-0.2, -0.15) is 0 Å². The molecule has 0 aliphatic carbocycles. The second-order valence-electron chi connectivity index (χ2n) is 13.3. The second-order valence-corrected chi connectivity index (χ2v) is 13.3. The van der Waals surface area contributed by atoms with Crippen LogP contribution in [0.25, 0.3) is 11.1 Å². The Labute approximate surface area is 277 Å². The van der Waals surface area contributed by atoms with Gasteiger partial charge >= 0.3 is 0 Å². The van der Waals surface area contributed by atoms with Gasteiger partial charge in [0.2, 0.25) is 6.29 Å². The van der Waals surface area contributed by atoms with Crippen molar-refractivity contribution in [2.75, 3.05) is 6.61 Å². The van der Waals surface area contributed by atoms with E-state index in [2.05, 4.69) is 174 Å². The molecule has 5 rings (SSSR count). The molecule has 3 unspecified atom stereocenters. The fourth-order valence-electron chi connectivity index (χ4n) is 6.71. The van der Waals surface area contributed by atoms with Crippen LogP contribution in [-0.2, 0) is 10.2 Å². The van der Waals surface area contributed by atoms with Gasteiger partial charge in [-0.25, -0.2) is 0 Å². The van der Waals surface area contributed by atoms with Crippen molar-refractivity contribution in [2.24, 2.45) is 5.92 Å². The SMILES string of the molecule is CCC(CC(C)C)c1ccc(OC(CC(C)(c2ccccc2)c2ccccc2)OCC(C)c2ccccc2-c2ccccc2)cc1. The first-order valence-corrected chi connectivity index (χ1v) is 17.0. The summed E-state index contributed by atoms with van der Waals surface area (Å²) in [5, 5.41) is 0. The highest BCUT2D eigenvalue weighted by Crippen LogP contribution is 2.38. The van der Waals surface area contributed by atoms with Crippen molar-refractivity contribution in [2.45, 2.75) is 77.4 Å². The van der Waals surface area contributed by atoms with Gasteiger partial charge in [0.05, 0.1) is 6.61 Å². The monoisotopic (exact) mass is 610 g/mol. The van der Waals surface area contributed by atoms with Gasteiger partial charge in [-0.15, -0.1) is 0 Å². The van der Waals surface area contributed by atoms with E-state index in [9.17, 15) is 0 Å². The lowest BCUT2D eigenvalue weighted by atomic mass is 9.73. The lowest BCUT2D eigenvalue weighted by molar-refractivity contribution is -0.0957. The van der Waals surface area contributed by atoms with Crippen molar-refractivity contribution in [3.05, 3.63) is 162 Å². The van der Waals surface area contributed by atoms with Crippen molar-refractivity contribution in [3.63, 3.8) is 0 Å². The van der Waals surface area contributed by atoms with Crippen molar-refractivity contribution in [1.29, 1.82) is 0 Å². The topological polar surface area (TPSA) is 18.5 Å². The second kappa shape index (κ2) is 15.9. The smallest absolute Gasteiger partial charge is 0.201 e. The van der Waals surface area contributed by atoms with E-state index in [1.165, 1.54) is 39.8 Å². The van der Waals surface area contributed by atoms with E-state index in [0.29, 0.717) is 24.9 Å². The molecule has 0 amide bonds. The maximum Gasteiger partial charge on any atom is 0.201 e. The summed E-state index contributed by atoms with van der Waals surface area (Å²) in [4.78, 5) is 0. The summed E-state index contributed by atoms with van der Waals surface area (Å²) in [5.74, 6) is 2.24. The Hall–Kier alpha value is -4.14. The molecule has 0 saturated heterocycles. The van der Waals surface area contributed by atoms with Crippen molar-refractivity contribution in [1.82, 2.24) is 0 Å². The molecule has 46 heavy (non-hydrogen) atoms. The molecule has 0 radical (unpaired) electrons. The summed E-state index contributed by atoms with van der Waals surface area (Å²) < 4.78 is 13.6. The van der Waals surface area contributed by atoms with E-state index in [0.717, 1.165) is 12.2 Å². The summed E-state index contributed by atoms with van der Waals surface area (Å²) >= 11 is 0. The molecule has 2 heteroatoms. The average molecular weight is 611 g/mol. The molecule has 238 valence electrons. The molecule has 0 saturated carbocycles. The minimum Gasteiger partial charge on any atom is -0.465 e. The Morgan fingerprint density at radius 2 is 1.17 bits per heavy atom. The quantitative estimate of drug-likeness (QED) is 0.110. The van der Waals surface area contributed by atoms with Gasteiger partial charge in [0.25, 0.3) is 0 Å². The molecule has 5 aromatic carbocycles. The minimum atomic E-state index is -0.458. The van der Waals surface area contributed by atoms with Crippen LogP contribution >= 0.6 is 0 Å². The Balaban J connectivity index is 1.43. The van der Waals surface area contributed by atoms with Gasteiger partial charge in [-0.1, -0.05) is 162 Å². The van der Waals surface area contributed by atoms with Gasteiger partial charge in [-0.3, -0.25) is 0 Å².